The number of carbonyl (C=O) groups excluding carboxylic acids is 2. The van der Waals surface area contributed by atoms with Gasteiger partial charge in [0.05, 0.1) is 12.7 Å². The molecule has 0 bridgehead atoms. The molecule has 1 aliphatic rings. The molecule has 0 saturated heterocycles. The zero-order valence-electron chi connectivity index (χ0n) is 17.3. The zero-order valence-corrected chi connectivity index (χ0v) is 18.9. The highest BCUT2D eigenvalue weighted by atomic mass is 79.9. The van der Waals surface area contributed by atoms with Crippen LogP contribution in [0.1, 0.15) is 27.0 Å². The molecular weight excluding hydrogens is 474 g/mol. The summed E-state index contributed by atoms with van der Waals surface area (Å²) in [6, 6.07) is 19.4. The van der Waals surface area contributed by atoms with Crippen LogP contribution in [0.2, 0.25) is 0 Å². The van der Waals surface area contributed by atoms with E-state index in [0.717, 1.165) is 15.6 Å². The Morgan fingerprint density at radius 1 is 1.03 bits per heavy atom. The van der Waals surface area contributed by atoms with E-state index in [1.54, 1.807) is 48.5 Å². The normalized spacial score (nSPS) is 14.2. The molecule has 1 heterocycles. The van der Waals surface area contributed by atoms with Gasteiger partial charge in [-0.1, -0.05) is 39.7 Å². The average Bonchev–Trinajstić information content (AvgIpc) is 3.15. The summed E-state index contributed by atoms with van der Waals surface area (Å²) < 4.78 is 17.0. The van der Waals surface area contributed by atoms with Gasteiger partial charge < -0.3 is 14.2 Å². The molecule has 0 atom stereocenters. The first kappa shape index (κ1) is 21.5. The van der Waals surface area contributed by atoms with Crippen LogP contribution in [0.3, 0.4) is 0 Å². The van der Waals surface area contributed by atoms with Gasteiger partial charge in [-0.15, -0.1) is 0 Å². The van der Waals surface area contributed by atoms with Gasteiger partial charge in [0, 0.05) is 10.0 Å². The number of hydrogen-bond acceptors (Lipinski definition) is 6. The summed E-state index contributed by atoms with van der Waals surface area (Å²) in [5.41, 5.74) is 2.99. The van der Waals surface area contributed by atoms with E-state index in [0.29, 0.717) is 16.9 Å². The summed E-state index contributed by atoms with van der Waals surface area (Å²) in [6.07, 6.45) is 1.59. The standard InChI is InChI=1S/C25H18BrNO5/c1-15-4-3-5-18(12-15)23-27-20(25(29)32-23)13-16-6-11-21(22(14-16)30-2)31-24(28)17-7-9-19(26)10-8-17/h3-14H,1-2H3/b20-13-. The number of nitrogens with zero attached hydrogens (tertiary/aromatic N) is 1. The quantitative estimate of drug-likeness (QED) is 0.274. The number of ether oxygens (including phenoxy) is 3. The Hall–Kier alpha value is -3.71. The van der Waals surface area contributed by atoms with Crippen molar-refractivity contribution >= 4 is 39.8 Å². The number of hydrogen-bond donors (Lipinski definition) is 0. The number of carbonyl (C=O) groups is 2. The van der Waals surface area contributed by atoms with E-state index in [9.17, 15) is 9.59 Å². The maximum Gasteiger partial charge on any atom is 0.363 e. The Kier molecular flexibility index (Phi) is 6.18. The summed E-state index contributed by atoms with van der Waals surface area (Å²) in [5.74, 6) is -0.170. The van der Waals surface area contributed by atoms with Gasteiger partial charge in [-0.2, -0.15) is 0 Å². The molecule has 0 unspecified atom stereocenters. The van der Waals surface area contributed by atoms with Gasteiger partial charge in [0.15, 0.2) is 17.2 Å². The summed E-state index contributed by atoms with van der Waals surface area (Å²) >= 11 is 3.33. The van der Waals surface area contributed by atoms with Crippen LogP contribution >= 0.6 is 15.9 Å². The van der Waals surface area contributed by atoms with E-state index < -0.39 is 11.9 Å². The molecule has 0 N–H and O–H groups in total. The summed E-state index contributed by atoms with van der Waals surface area (Å²) in [5, 5.41) is 0. The summed E-state index contributed by atoms with van der Waals surface area (Å²) in [7, 11) is 1.47. The lowest BCUT2D eigenvalue weighted by Gasteiger charge is -2.10. The van der Waals surface area contributed by atoms with Gasteiger partial charge in [-0.25, -0.2) is 14.6 Å². The van der Waals surface area contributed by atoms with Gasteiger partial charge in [0.25, 0.3) is 0 Å². The first-order chi connectivity index (χ1) is 15.4. The number of rotatable bonds is 5. The molecule has 0 radical (unpaired) electrons. The molecule has 0 spiro atoms. The molecule has 3 aromatic rings. The lowest BCUT2D eigenvalue weighted by Crippen LogP contribution is -2.09. The van der Waals surface area contributed by atoms with Crippen molar-refractivity contribution in [2.75, 3.05) is 7.11 Å². The third kappa shape index (κ3) is 4.78. The van der Waals surface area contributed by atoms with Gasteiger partial charge in [-0.3, -0.25) is 0 Å². The third-order valence-electron chi connectivity index (χ3n) is 4.66. The van der Waals surface area contributed by atoms with Crippen molar-refractivity contribution in [3.63, 3.8) is 0 Å². The van der Waals surface area contributed by atoms with Gasteiger partial charge in [0.1, 0.15) is 0 Å². The minimum absolute atomic E-state index is 0.170. The van der Waals surface area contributed by atoms with E-state index in [1.165, 1.54) is 7.11 Å². The van der Waals surface area contributed by atoms with Crippen LogP contribution in [0.4, 0.5) is 0 Å². The third-order valence-corrected chi connectivity index (χ3v) is 5.19. The number of methoxy groups -OCH3 is 1. The molecular formula is C25H18BrNO5. The highest BCUT2D eigenvalue weighted by Crippen LogP contribution is 2.30. The van der Waals surface area contributed by atoms with Crippen molar-refractivity contribution in [1.82, 2.24) is 0 Å². The maximum atomic E-state index is 12.4. The van der Waals surface area contributed by atoms with Crippen LogP contribution in [0.5, 0.6) is 11.5 Å². The maximum absolute atomic E-state index is 12.4. The van der Waals surface area contributed by atoms with Crippen molar-refractivity contribution < 1.29 is 23.8 Å². The smallest absolute Gasteiger partial charge is 0.363 e. The molecule has 0 saturated carbocycles. The van der Waals surface area contributed by atoms with Crippen LogP contribution in [0, 0.1) is 6.92 Å². The first-order valence-electron chi connectivity index (χ1n) is 9.68. The number of cyclic esters (lactones) is 1. The molecule has 0 aromatic heterocycles. The number of esters is 2. The molecule has 160 valence electrons. The predicted molar refractivity (Wildman–Crippen MR) is 124 cm³/mol. The van der Waals surface area contributed by atoms with Crippen LogP contribution in [0.15, 0.2) is 81.9 Å². The Morgan fingerprint density at radius 2 is 1.81 bits per heavy atom. The van der Waals surface area contributed by atoms with Crippen molar-refractivity contribution in [3.05, 3.63) is 99.2 Å². The van der Waals surface area contributed by atoms with Crippen LogP contribution in [-0.2, 0) is 9.53 Å². The van der Waals surface area contributed by atoms with Crippen LogP contribution < -0.4 is 9.47 Å². The van der Waals surface area contributed by atoms with Crippen molar-refractivity contribution in [1.29, 1.82) is 0 Å². The fourth-order valence-corrected chi connectivity index (χ4v) is 3.34. The number of aliphatic imine (C=N–C) groups is 1. The van der Waals surface area contributed by atoms with Crippen molar-refractivity contribution in [2.24, 2.45) is 4.99 Å². The number of aryl methyl sites for hydroxylation is 1. The first-order valence-corrected chi connectivity index (χ1v) is 10.5. The fourth-order valence-electron chi connectivity index (χ4n) is 3.07. The van der Waals surface area contributed by atoms with Crippen LogP contribution in [0.25, 0.3) is 6.08 Å². The van der Waals surface area contributed by atoms with Crippen LogP contribution in [-0.4, -0.2) is 24.9 Å². The van der Waals surface area contributed by atoms with Gasteiger partial charge in [-0.05, 0) is 67.1 Å². The average molecular weight is 492 g/mol. The van der Waals surface area contributed by atoms with Gasteiger partial charge >= 0.3 is 11.9 Å². The van der Waals surface area contributed by atoms with E-state index in [4.69, 9.17) is 14.2 Å². The Morgan fingerprint density at radius 3 is 2.53 bits per heavy atom. The number of halogens is 1. The van der Waals surface area contributed by atoms with Crippen molar-refractivity contribution in [2.45, 2.75) is 6.92 Å². The minimum Gasteiger partial charge on any atom is -0.493 e. The van der Waals surface area contributed by atoms with E-state index in [1.807, 2.05) is 31.2 Å². The molecule has 0 amide bonds. The summed E-state index contributed by atoms with van der Waals surface area (Å²) in [6.45, 7) is 1.95. The second kappa shape index (κ2) is 9.20. The molecule has 3 aromatic carbocycles. The Bertz CT molecular complexity index is 1260. The molecule has 7 heteroatoms. The SMILES string of the molecule is COc1cc(/C=C2\N=C(c3cccc(C)c3)OC2=O)ccc1OC(=O)c1ccc(Br)cc1. The highest BCUT2D eigenvalue weighted by molar-refractivity contribution is 9.10. The molecule has 0 aliphatic carbocycles. The molecule has 0 fully saturated rings. The monoisotopic (exact) mass is 491 g/mol. The second-order valence-corrected chi connectivity index (χ2v) is 7.93. The lowest BCUT2D eigenvalue weighted by atomic mass is 10.1. The summed E-state index contributed by atoms with van der Waals surface area (Å²) in [4.78, 5) is 29.0. The highest BCUT2D eigenvalue weighted by Gasteiger charge is 2.24. The Balaban J connectivity index is 1.57. The Labute approximate surface area is 193 Å². The van der Waals surface area contributed by atoms with E-state index >= 15 is 0 Å². The predicted octanol–water partition coefficient (Wildman–Crippen LogP) is 5.33. The molecule has 1 aliphatic heterocycles. The molecule has 6 nitrogen and oxygen atoms in total. The zero-order chi connectivity index (χ0) is 22.7. The van der Waals surface area contributed by atoms with Gasteiger partial charge in [0.2, 0.25) is 5.90 Å². The topological polar surface area (TPSA) is 74.2 Å². The second-order valence-electron chi connectivity index (χ2n) is 7.01. The molecule has 32 heavy (non-hydrogen) atoms. The number of benzene rings is 3. The largest absolute Gasteiger partial charge is 0.493 e. The lowest BCUT2D eigenvalue weighted by molar-refractivity contribution is -0.129. The van der Waals surface area contributed by atoms with Crippen molar-refractivity contribution in [3.8, 4) is 11.5 Å². The minimum atomic E-state index is -0.536. The fraction of sp³-hybridized carbons (Fsp3) is 0.0800. The van der Waals surface area contributed by atoms with E-state index in [2.05, 4.69) is 20.9 Å². The molecule has 4 rings (SSSR count). The van der Waals surface area contributed by atoms with E-state index in [-0.39, 0.29) is 17.3 Å².